The number of ketones is 1. The first-order valence-electron chi connectivity index (χ1n) is 11.4. The van der Waals surface area contributed by atoms with Gasteiger partial charge < -0.3 is 10.1 Å². The molecular weight excluding hydrogens is 527 g/mol. The molecule has 0 radical (unpaired) electrons. The summed E-state index contributed by atoms with van der Waals surface area (Å²) in [6.45, 7) is 1.87. The average Bonchev–Trinajstić information content (AvgIpc) is 2.91. The van der Waals surface area contributed by atoms with Gasteiger partial charge in [0.2, 0.25) is 0 Å². The zero-order valence-corrected chi connectivity index (χ0v) is 22.2. The lowest BCUT2D eigenvalue weighted by molar-refractivity contribution is -0.140. The topological polar surface area (TPSA) is 79.2 Å². The van der Waals surface area contributed by atoms with Crippen LogP contribution in [0.3, 0.4) is 0 Å². The average molecular weight is 549 g/mol. The highest BCUT2D eigenvalue weighted by Crippen LogP contribution is 2.41. The van der Waals surface area contributed by atoms with E-state index >= 15 is 0 Å². The molecule has 1 unspecified atom stereocenters. The van der Waals surface area contributed by atoms with Crippen molar-refractivity contribution in [2.24, 2.45) is 0 Å². The molecule has 1 atom stereocenters. The van der Waals surface area contributed by atoms with Gasteiger partial charge in [0.05, 0.1) is 33.9 Å². The van der Waals surface area contributed by atoms with E-state index in [9.17, 15) is 14.9 Å². The number of thioether (sulfide) groups is 1. The molecule has 1 aliphatic heterocycles. The van der Waals surface area contributed by atoms with Gasteiger partial charge in [-0.25, -0.2) is 4.79 Å². The molecule has 0 spiro atoms. The molecule has 0 aromatic heterocycles. The highest BCUT2D eigenvalue weighted by molar-refractivity contribution is 8.03. The quantitative estimate of drug-likeness (QED) is 0.240. The molecule has 4 rings (SSSR count). The molecule has 0 amide bonds. The summed E-state index contributed by atoms with van der Waals surface area (Å²) < 4.78 is 5.64. The number of hydrogen-bond donors (Lipinski definition) is 1. The van der Waals surface area contributed by atoms with Crippen molar-refractivity contribution in [2.75, 3.05) is 5.75 Å². The molecule has 5 nitrogen and oxygen atoms in total. The standard InChI is InChI=1S/C29H22Cl2N2O3S/c1-18-26(29(35)36-16-19-5-3-2-4-6-19)27(21-9-13-23(31)14-10-21)24(15-32)28(33-18)37-17-25(34)20-7-11-22(30)12-8-20/h2-14,27,33H,16-17H2,1H3. The van der Waals surface area contributed by atoms with Crippen molar-refractivity contribution in [3.8, 4) is 6.07 Å². The molecule has 1 heterocycles. The van der Waals surface area contributed by atoms with Gasteiger partial charge in [-0.3, -0.25) is 4.79 Å². The number of Topliss-reactive ketones (excluding diaryl/α,β-unsaturated/α-hetero) is 1. The normalized spacial score (nSPS) is 15.1. The Morgan fingerprint density at radius 3 is 2.22 bits per heavy atom. The molecule has 0 saturated heterocycles. The number of esters is 1. The van der Waals surface area contributed by atoms with Crippen LogP contribution < -0.4 is 5.32 Å². The fraction of sp³-hybridized carbons (Fsp3) is 0.138. The van der Waals surface area contributed by atoms with Crippen LogP contribution in [0.1, 0.15) is 34.3 Å². The first kappa shape index (κ1) is 26.6. The van der Waals surface area contributed by atoms with Crippen molar-refractivity contribution in [1.29, 1.82) is 5.26 Å². The second kappa shape index (κ2) is 12.2. The van der Waals surface area contributed by atoms with Crippen molar-refractivity contribution in [3.05, 3.63) is 127 Å². The van der Waals surface area contributed by atoms with Gasteiger partial charge >= 0.3 is 5.97 Å². The number of ether oxygens (including phenoxy) is 1. The predicted molar refractivity (Wildman–Crippen MR) is 147 cm³/mol. The van der Waals surface area contributed by atoms with Gasteiger partial charge in [0.15, 0.2) is 5.78 Å². The second-order valence-electron chi connectivity index (χ2n) is 8.28. The molecule has 3 aromatic carbocycles. The number of dihydropyridines is 1. The van der Waals surface area contributed by atoms with Crippen molar-refractivity contribution < 1.29 is 14.3 Å². The molecule has 3 aromatic rings. The molecule has 0 aliphatic carbocycles. The number of rotatable bonds is 8. The van der Waals surface area contributed by atoms with Crippen LogP contribution in [-0.2, 0) is 16.1 Å². The van der Waals surface area contributed by atoms with Crippen LogP contribution in [0.15, 0.2) is 101 Å². The summed E-state index contributed by atoms with van der Waals surface area (Å²) >= 11 is 13.3. The summed E-state index contributed by atoms with van der Waals surface area (Å²) in [4.78, 5) is 26.1. The van der Waals surface area contributed by atoms with E-state index in [0.29, 0.717) is 37.5 Å². The van der Waals surface area contributed by atoms with E-state index in [2.05, 4.69) is 11.4 Å². The largest absolute Gasteiger partial charge is 0.457 e. The molecule has 8 heteroatoms. The third-order valence-electron chi connectivity index (χ3n) is 5.80. The number of nitrogens with zero attached hydrogens (tertiary/aromatic N) is 1. The highest BCUT2D eigenvalue weighted by Gasteiger charge is 2.35. The Morgan fingerprint density at radius 2 is 1.59 bits per heavy atom. The summed E-state index contributed by atoms with van der Waals surface area (Å²) in [5.41, 5.74) is 3.32. The van der Waals surface area contributed by atoms with E-state index in [1.165, 1.54) is 11.8 Å². The SMILES string of the molecule is CC1=C(C(=O)OCc2ccccc2)C(c2ccc(Cl)cc2)C(C#N)=C(SCC(=O)c2ccc(Cl)cc2)N1. The monoisotopic (exact) mass is 548 g/mol. The Hall–Kier alpha value is -3.50. The number of nitriles is 1. The van der Waals surface area contributed by atoms with Crippen LogP contribution in [0.25, 0.3) is 0 Å². The van der Waals surface area contributed by atoms with Crippen LogP contribution >= 0.6 is 35.0 Å². The fourth-order valence-corrected chi connectivity index (χ4v) is 5.18. The molecule has 0 saturated carbocycles. The molecule has 186 valence electrons. The lowest BCUT2D eigenvalue weighted by atomic mass is 9.82. The number of carbonyl (C=O) groups excluding carboxylic acids is 2. The van der Waals surface area contributed by atoms with Gasteiger partial charge in [0.1, 0.15) is 6.61 Å². The van der Waals surface area contributed by atoms with Crippen LogP contribution in [0.4, 0.5) is 0 Å². The Bertz CT molecular complexity index is 1410. The summed E-state index contributed by atoms with van der Waals surface area (Å²) in [6.07, 6.45) is 0. The molecular formula is C29H22Cl2N2O3S. The number of hydrogen-bond acceptors (Lipinski definition) is 6. The maximum absolute atomic E-state index is 13.3. The van der Waals surface area contributed by atoms with Crippen molar-refractivity contribution >= 4 is 46.7 Å². The van der Waals surface area contributed by atoms with Crippen molar-refractivity contribution in [2.45, 2.75) is 19.4 Å². The van der Waals surface area contributed by atoms with E-state index in [-0.39, 0.29) is 18.1 Å². The van der Waals surface area contributed by atoms with Crippen molar-refractivity contribution in [1.82, 2.24) is 5.32 Å². The zero-order chi connectivity index (χ0) is 26.4. The smallest absolute Gasteiger partial charge is 0.337 e. The van der Waals surface area contributed by atoms with E-state index in [1.807, 2.05) is 30.3 Å². The fourth-order valence-electron chi connectivity index (χ4n) is 3.94. The van der Waals surface area contributed by atoms with Crippen LogP contribution in [-0.4, -0.2) is 17.5 Å². The van der Waals surface area contributed by atoms with Gasteiger partial charge in [-0.15, -0.1) is 0 Å². The lowest BCUT2D eigenvalue weighted by Gasteiger charge is -2.29. The maximum atomic E-state index is 13.3. The molecule has 37 heavy (non-hydrogen) atoms. The Morgan fingerprint density at radius 1 is 0.973 bits per heavy atom. The Labute approximate surface area is 229 Å². The number of allylic oxidation sites excluding steroid dienone is 2. The van der Waals surface area contributed by atoms with Crippen LogP contribution in [0, 0.1) is 11.3 Å². The summed E-state index contributed by atoms with van der Waals surface area (Å²) in [5.74, 6) is -1.21. The van der Waals surface area contributed by atoms with E-state index in [4.69, 9.17) is 27.9 Å². The minimum absolute atomic E-state index is 0.101. The second-order valence-corrected chi connectivity index (χ2v) is 10.1. The maximum Gasteiger partial charge on any atom is 0.337 e. The highest BCUT2D eigenvalue weighted by atomic mass is 35.5. The minimum atomic E-state index is -0.681. The molecule has 1 aliphatic rings. The van der Waals surface area contributed by atoms with E-state index in [1.54, 1.807) is 55.5 Å². The Balaban J connectivity index is 1.63. The van der Waals surface area contributed by atoms with Gasteiger partial charge in [0.25, 0.3) is 0 Å². The van der Waals surface area contributed by atoms with Crippen LogP contribution in [0.2, 0.25) is 10.0 Å². The first-order valence-corrected chi connectivity index (χ1v) is 13.1. The lowest BCUT2D eigenvalue weighted by Crippen LogP contribution is -2.29. The number of halogens is 2. The van der Waals surface area contributed by atoms with Gasteiger partial charge in [-0.05, 0) is 54.4 Å². The number of benzene rings is 3. The summed E-state index contributed by atoms with van der Waals surface area (Å²) in [7, 11) is 0. The first-order chi connectivity index (χ1) is 17.9. The zero-order valence-electron chi connectivity index (χ0n) is 19.8. The number of carbonyl (C=O) groups is 2. The summed E-state index contributed by atoms with van der Waals surface area (Å²) in [5, 5.41) is 15.0. The van der Waals surface area contributed by atoms with Gasteiger partial charge in [-0.1, -0.05) is 77.4 Å². The molecule has 1 N–H and O–H groups in total. The number of nitrogens with one attached hydrogen (secondary N) is 1. The van der Waals surface area contributed by atoms with Crippen molar-refractivity contribution in [3.63, 3.8) is 0 Å². The van der Waals surface area contributed by atoms with Crippen LogP contribution in [0.5, 0.6) is 0 Å². The third kappa shape index (κ3) is 6.44. The van der Waals surface area contributed by atoms with Gasteiger partial charge in [0, 0.05) is 21.3 Å². The Kier molecular flexibility index (Phi) is 8.73. The molecule has 0 fully saturated rings. The van der Waals surface area contributed by atoms with Gasteiger partial charge in [-0.2, -0.15) is 5.26 Å². The molecule has 0 bridgehead atoms. The summed E-state index contributed by atoms with van der Waals surface area (Å²) in [6, 6.07) is 25.3. The predicted octanol–water partition coefficient (Wildman–Crippen LogP) is 7.05. The van der Waals surface area contributed by atoms with E-state index < -0.39 is 11.9 Å². The van der Waals surface area contributed by atoms with E-state index in [0.717, 1.165) is 11.1 Å². The minimum Gasteiger partial charge on any atom is -0.457 e. The third-order valence-corrected chi connectivity index (χ3v) is 7.32.